The van der Waals surface area contributed by atoms with Crippen molar-refractivity contribution < 1.29 is 13.9 Å². The molecule has 1 fully saturated rings. The molecule has 4 rings (SSSR count). The average molecular weight is 385 g/mol. The summed E-state index contributed by atoms with van der Waals surface area (Å²) in [7, 11) is 0. The highest BCUT2D eigenvalue weighted by Crippen LogP contribution is 2.28. The van der Waals surface area contributed by atoms with Gasteiger partial charge in [0.25, 0.3) is 5.91 Å². The summed E-state index contributed by atoms with van der Waals surface area (Å²) in [5, 5.41) is 6.18. The van der Waals surface area contributed by atoms with Gasteiger partial charge in [0.05, 0.1) is 19.3 Å². The lowest BCUT2D eigenvalue weighted by Gasteiger charge is -2.34. The van der Waals surface area contributed by atoms with E-state index in [1.54, 1.807) is 11.3 Å². The van der Waals surface area contributed by atoms with Crippen LogP contribution in [0.1, 0.15) is 32.6 Å². The van der Waals surface area contributed by atoms with Crippen LogP contribution in [0.15, 0.2) is 40.1 Å². The number of carbonyl (C=O) groups is 1. The van der Waals surface area contributed by atoms with Gasteiger partial charge in [0.15, 0.2) is 5.76 Å². The van der Waals surface area contributed by atoms with Gasteiger partial charge in [-0.15, -0.1) is 11.3 Å². The van der Waals surface area contributed by atoms with E-state index in [0.29, 0.717) is 12.3 Å². The van der Waals surface area contributed by atoms with Crippen molar-refractivity contribution in [1.29, 1.82) is 0 Å². The van der Waals surface area contributed by atoms with E-state index >= 15 is 0 Å². The van der Waals surface area contributed by atoms with E-state index in [-0.39, 0.29) is 11.9 Å². The number of carbonyl (C=O) groups excluding carboxylic acids is 1. The lowest BCUT2D eigenvalue weighted by molar-refractivity contribution is 0.0168. The molecule has 6 heteroatoms. The van der Waals surface area contributed by atoms with E-state index in [4.69, 9.17) is 9.15 Å². The van der Waals surface area contributed by atoms with Crippen molar-refractivity contribution in [3.63, 3.8) is 0 Å². The number of morpholine rings is 1. The number of hydrogen-bond acceptors (Lipinski definition) is 5. The van der Waals surface area contributed by atoms with Gasteiger partial charge in [-0.25, -0.2) is 0 Å². The average Bonchev–Trinajstić information content (AvgIpc) is 3.32. The number of fused-ring (bicyclic) bond motifs is 1. The summed E-state index contributed by atoms with van der Waals surface area (Å²) in [6, 6.07) is 10.3. The number of nitrogens with one attached hydrogen (secondary N) is 1. The molecule has 5 nitrogen and oxygen atoms in total. The molecule has 1 atom stereocenters. The summed E-state index contributed by atoms with van der Waals surface area (Å²) in [5.74, 6) is 0.249. The molecule has 0 bridgehead atoms. The molecule has 0 aliphatic carbocycles. The largest absolute Gasteiger partial charge is 0.451 e. The molecular formula is C21H24N2O3S. The number of amides is 1. The van der Waals surface area contributed by atoms with Gasteiger partial charge in [-0.2, -0.15) is 0 Å². The molecule has 1 aliphatic rings. The first kappa shape index (κ1) is 18.2. The second kappa shape index (κ2) is 7.84. The van der Waals surface area contributed by atoms with Crippen molar-refractivity contribution >= 4 is 28.2 Å². The van der Waals surface area contributed by atoms with E-state index < -0.39 is 0 Å². The molecule has 2 aromatic heterocycles. The van der Waals surface area contributed by atoms with Crippen LogP contribution >= 0.6 is 11.3 Å². The van der Waals surface area contributed by atoms with Crippen LogP contribution in [0.3, 0.4) is 0 Å². The van der Waals surface area contributed by atoms with Crippen molar-refractivity contribution in [3.05, 3.63) is 57.5 Å². The van der Waals surface area contributed by atoms with Gasteiger partial charge in [-0.1, -0.05) is 17.7 Å². The van der Waals surface area contributed by atoms with Crippen molar-refractivity contribution in [2.45, 2.75) is 19.9 Å². The number of thiophene rings is 1. The number of hydrogen-bond donors (Lipinski definition) is 1. The molecule has 1 amide bonds. The summed E-state index contributed by atoms with van der Waals surface area (Å²) in [6.45, 7) is 7.76. The normalized spacial score (nSPS) is 16.5. The molecule has 3 heterocycles. The third-order valence-electron chi connectivity index (χ3n) is 5.11. The van der Waals surface area contributed by atoms with Gasteiger partial charge in [0.1, 0.15) is 5.58 Å². The molecule has 0 unspecified atom stereocenters. The molecule has 0 spiro atoms. The Morgan fingerprint density at radius 2 is 2.07 bits per heavy atom. The topological polar surface area (TPSA) is 54.7 Å². The second-order valence-electron chi connectivity index (χ2n) is 6.95. The minimum Gasteiger partial charge on any atom is -0.451 e. The third kappa shape index (κ3) is 3.78. The van der Waals surface area contributed by atoms with Crippen molar-refractivity contribution in [1.82, 2.24) is 10.2 Å². The zero-order valence-corrected chi connectivity index (χ0v) is 16.5. The number of nitrogens with zero attached hydrogens (tertiary/aromatic N) is 1. The van der Waals surface area contributed by atoms with E-state index in [1.807, 2.05) is 26.0 Å². The predicted octanol–water partition coefficient (Wildman–Crippen LogP) is 3.91. The molecule has 27 heavy (non-hydrogen) atoms. The lowest BCUT2D eigenvalue weighted by Crippen LogP contribution is -2.43. The van der Waals surface area contributed by atoms with E-state index in [1.165, 1.54) is 4.88 Å². The Balaban J connectivity index is 1.52. The van der Waals surface area contributed by atoms with Crippen molar-refractivity contribution in [2.75, 3.05) is 32.8 Å². The van der Waals surface area contributed by atoms with Gasteiger partial charge in [-0.3, -0.25) is 9.69 Å². The molecule has 3 aromatic rings. The van der Waals surface area contributed by atoms with E-state index in [2.05, 4.69) is 33.8 Å². The Kier molecular flexibility index (Phi) is 5.29. The fourth-order valence-corrected chi connectivity index (χ4v) is 4.46. The van der Waals surface area contributed by atoms with Crippen LogP contribution in [0.5, 0.6) is 0 Å². The number of aryl methyl sites for hydroxylation is 2. The maximum Gasteiger partial charge on any atom is 0.287 e. The monoisotopic (exact) mass is 384 g/mol. The summed E-state index contributed by atoms with van der Waals surface area (Å²) in [5.41, 5.74) is 2.81. The van der Waals surface area contributed by atoms with Crippen LogP contribution < -0.4 is 5.32 Å². The van der Waals surface area contributed by atoms with Crippen LogP contribution in [0.2, 0.25) is 0 Å². The standard InChI is InChI=1S/C21H24N2O3S/c1-14-5-6-18-16(12-14)15(2)20(26-18)21(24)22-13-17(19-4-3-11-27-19)23-7-9-25-10-8-23/h3-6,11-12,17H,7-10,13H2,1-2H3,(H,22,24)/t17-/m0/s1. The molecule has 0 saturated carbocycles. The van der Waals surface area contributed by atoms with Gasteiger partial charge < -0.3 is 14.5 Å². The summed E-state index contributed by atoms with van der Waals surface area (Å²) in [4.78, 5) is 16.5. The predicted molar refractivity (Wildman–Crippen MR) is 107 cm³/mol. The lowest BCUT2D eigenvalue weighted by atomic mass is 10.1. The minimum absolute atomic E-state index is 0.156. The molecule has 1 aromatic carbocycles. The molecule has 1 aliphatic heterocycles. The summed E-state index contributed by atoms with van der Waals surface area (Å²) >= 11 is 1.72. The smallest absolute Gasteiger partial charge is 0.287 e. The zero-order valence-electron chi connectivity index (χ0n) is 15.7. The first-order valence-electron chi connectivity index (χ1n) is 9.26. The highest BCUT2D eigenvalue weighted by molar-refractivity contribution is 7.10. The summed E-state index contributed by atoms with van der Waals surface area (Å²) in [6.07, 6.45) is 0. The van der Waals surface area contributed by atoms with Crippen LogP contribution in [-0.4, -0.2) is 43.7 Å². The van der Waals surface area contributed by atoms with Crippen LogP contribution in [-0.2, 0) is 4.74 Å². The zero-order chi connectivity index (χ0) is 18.8. The Morgan fingerprint density at radius 3 is 2.81 bits per heavy atom. The SMILES string of the molecule is Cc1ccc2oc(C(=O)NC[C@@H](c3cccs3)N3CCOCC3)c(C)c2c1. The molecule has 0 radical (unpaired) electrons. The molecule has 1 saturated heterocycles. The maximum atomic E-state index is 12.8. The van der Waals surface area contributed by atoms with Gasteiger partial charge in [0, 0.05) is 35.5 Å². The fourth-order valence-electron chi connectivity index (χ4n) is 3.60. The highest BCUT2D eigenvalue weighted by atomic mass is 32.1. The first-order chi connectivity index (χ1) is 13.1. The second-order valence-corrected chi connectivity index (χ2v) is 7.92. The Bertz CT molecular complexity index is 926. The first-order valence-corrected chi connectivity index (χ1v) is 10.1. The van der Waals surface area contributed by atoms with Crippen LogP contribution in [0.4, 0.5) is 0 Å². The maximum absolute atomic E-state index is 12.8. The summed E-state index contributed by atoms with van der Waals surface area (Å²) < 4.78 is 11.3. The van der Waals surface area contributed by atoms with Crippen LogP contribution in [0.25, 0.3) is 11.0 Å². The molecule has 1 N–H and O–H groups in total. The van der Waals surface area contributed by atoms with Gasteiger partial charge in [-0.05, 0) is 37.4 Å². The Labute approximate surface area is 162 Å². The van der Waals surface area contributed by atoms with Gasteiger partial charge >= 0.3 is 0 Å². The Morgan fingerprint density at radius 1 is 1.26 bits per heavy atom. The molecular weight excluding hydrogens is 360 g/mol. The number of rotatable bonds is 5. The van der Waals surface area contributed by atoms with Gasteiger partial charge in [0.2, 0.25) is 0 Å². The Hall–Kier alpha value is -2.15. The number of benzene rings is 1. The fraction of sp³-hybridized carbons (Fsp3) is 0.381. The van der Waals surface area contributed by atoms with Crippen LogP contribution in [0, 0.1) is 13.8 Å². The van der Waals surface area contributed by atoms with Crippen molar-refractivity contribution in [2.24, 2.45) is 0 Å². The minimum atomic E-state index is -0.156. The third-order valence-corrected chi connectivity index (χ3v) is 6.09. The quantitative estimate of drug-likeness (QED) is 0.725. The van der Waals surface area contributed by atoms with E-state index in [9.17, 15) is 4.79 Å². The highest BCUT2D eigenvalue weighted by Gasteiger charge is 2.25. The van der Waals surface area contributed by atoms with Crippen molar-refractivity contribution in [3.8, 4) is 0 Å². The van der Waals surface area contributed by atoms with E-state index in [0.717, 1.165) is 48.4 Å². The molecule has 142 valence electrons. The number of furan rings is 1. The number of ether oxygens (including phenoxy) is 1.